The first-order valence-corrected chi connectivity index (χ1v) is 5.52. The Kier molecular flexibility index (Phi) is 4.45. The fourth-order valence-corrected chi connectivity index (χ4v) is 1.38. The molecule has 94 valence electrons. The summed E-state index contributed by atoms with van der Waals surface area (Å²) < 4.78 is 1.41. The first-order valence-electron chi connectivity index (χ1n) is 5.52. The number of aryl methyl sites for hydroxylation is 1. The molecule has 0 saturated carbocycles. The molecule has 0 spiro atoms. The topological polar surface area (TPSA) is 62.5 Å². The van der Waals surface area contributed by atoms with Crippen LogP contribution in [0.15, 0.2) is 23.1 Å². The van der Waals surface area contributed by atoms with Gasteiger partial charge in [0, 0.05) is 38.5 Å². The van der Waals surface area contributed by atoms with E-state index in [0.717, 1.165) is 0 Å². The highest BCUT2D eigenvalue weighted by Gasteiger charge is 2.12. The van der Waals surface area contributed by atoms with Gasteiger partial charge in [-0.15, -0.1) is 0 Å². The van der Waals surface area contributed by atoms with E-state index in [9.17, 15) is 9.59 Å². The normalized spacial score (nSPS) is 12.2. The number of aliphatic hydroxyl groups excluding tert-OH is 1. The molecule has 0 aliphatic carbocycles. The van der Waals surface area contributed by atoms with Crippen LogP contribution in [-0.4, -0.2) is 40.2 Å². The summed E-state index contributed by atoms with van der Waals surface area (Å²) in [6.45, 7) is 2.14. The summed E-state index contributed by atoms with van der Waals surface area (Å²) >= 11 is 0. The van der Waals surface area contributed by atoms with E-state index >= 15 is 0 Å². The van der Waals surface area contributed by atoms with Crippen molar-refractivity contribution >= 4 is 5.91 Å². The predicted octanol–water partition coefficient (Wildman–Crippen LogP) is 0.228. The van der Waals surface area contributed by atoms with E-state index in [4.69, 9.17) is 5.11 Å². The van der Waals surface area contributed by atoms with E-state index in [1.807, 2.05) is 0 Å². The van der Waals surface area contributed by atoms with Gasteiger partial charge in [0.05, 0.1) is 6.10 Å². The van der Waals surface area contributed by atoms with E-state index in [0.29, 0.717) is 18.5 Å². The van der Waals surface area contributed by atoms with Crippen LogP contribution >= 0.6 is 0 Å². The highest BCUT2D eigenvalue weighted by molar-refractivity contribution is 5.93. The molecule has 0 aromatic carbocycles. The highest BCUT2D eigenvalue weighted by Crippen LogP contribution is 2.02. The van der Waals surface area contributed by atoms with Crippen molar-refractivity contribution in [2.75, 3.05) is 13.6 Å². The van der Waals surface area contributed by atoms with Gasteiger partial charge in [-0.2, -0.15) is 0 Å². The third kappa shape index (κ3) is 3.71. The zero-order valence-corrected chi connectivity index (χ0v) is 10.4. The Bertz CT molecular complexity index is 451. The molecule has 1 heterocycles. The average molecular weight is 238 g/mol. The maximum Gasteiger partial charge on any atom is 0.253 e. The summed E-state index contributed by atoms with van der Waals surface area (Å²) in [5.74, 6) is -0.205. The third-order valence-electron chi connectivity index (χ3n) is 2.58. The van der Waals surface area contributed by atoms with Gasteiger partial charge in [-0.25, -0.2) is 0 Å². The van der Waals surface area contributed by atoms with Crippen LogP contribution in [-0.2, 0) is 7.05 Å². The number of amides is 1. The highest BCUT2D eigenvalue weighted by atomic mass is 16.3. The van der Waals surface area contributed by atoms with Gasteiger partial charge in [0.1, 0.15) is 0 Å². The fourth-order valence-electron chi connectivity index (χ4n) is 1.38. The molecule has 0 aliphatic rings. The molecule has 0 aliphatic heterocycles. The van der Waals surface area contributed by atoms with Gasteiger partial charge < -0.3 is 14.6 Å². The lowest BCUT2D eigenvalue weighted by atomic mass is 10.2. The lowest BCUT2D eigenvalue weighted by Crippen LogP contribution is -2.30. The lowest BCUT2D eigenvalue weighted by molar-refractivity contribution is 0.0768. The Hall–Kier alpha value is -1.62. The van der Waals surface area contributed by atoms with Crippen LogP contribution in [0.5, 0.6) is 0 Å². The molecule has 5 nitrogen and oxygen atoms in total. The Morgan fingerprint density at radius 2 is 2.24 bits per heavy atom. The summed E-state index contributed by atoms with van der Waals surface area (Å²) in [5.41, 5.74) is 0.168. The van der Waals surface area contributed by atoms with Crippen LogP contribution in [0.2, 0.25) is 0 Å². The second kappa shape index (κ2) is 5.63. The molecule has 0 fully saturated rings. The average Bonchev–Trinajstić information content (AvgIpc) is 2.28. The minimum atomic E-state index is -0.436. The van der Waals surface area contributed by atoms with Crippen molar-refractivity contribution in [3.63, 3.8) is 0 Å². The molecule has 5 heteroatoms. The third-order valence-corrected chi connectivity index (χ3v) is 2.58. The van der Waals surface area contributed by atoms with Crippen LogP contribution in [0, 0.1) is 0 Å². The molecule has 1 aromatic heterocycles. The number of nitrogens with zero attached hydrogens (tertiary/aromatic N) is 2. The molecule has 0 bridgehead atoms. The predicted molar refractivity (Wildman–Crippen MR) is 64.9 cm³/mol. The number of hydrogen-bond acceptors (Lipinski definition) is 3. The van der Waals surface area contributed by atoms with E-state index < -0.39 is 6.10 Å². The van der Waals surface area contributed by atoms with E-state index in [1.54, 1.807) is 33.3 Å². The van der Waals surface area contributed by atoms with E-state index in [-0.39, 0.29) is 11.5 Å². The maximum atomic E-state index is 11.9. The van der Waals surface area contributed by atoms with Gasteiger partial charge in [0.25, 0.3) is 11.5 Å². The van der Waals surface area contributed by atoms with Gasteiger partial charge in [0.2, 0.25) is 0 Å². The quantitative estimate of drug-likeness (QED) is 0.816. The first-order chi connectivity index (χ1) is 7.91. The molecule has 1 atom stereocenters. The summed E-state index contributed by atoms with van der Waals surface area (Å²) in [6, 6.07) is 2.93. The molecule has 1 aromatic rings. The van der Waals surface area contributed by atoms with Gasteiger partial charge in [0.15, 0.2) is 0 Å². The molecule has 17 heavy (non-hydrogen) atoms. The molecular weight excluding hydrogens is 220 g/mol. The lowest BCUT2D eigenvalue weighted by Gasteiger charge is -2.18. The zero-order chi connectivity index (χ0) is 13.0. The van der Waals surface area contributed by atoms with Gasteiger partial charge in [-0.05, 0) is 19.4 Å². The smallest absolute Gasteiger partial charge is 0.253 e. The van der Waals surface area contributed by atoms with Gasteiger partial charge >= 0.3 is 0 Å². The first kappa shape index (κ1) is 13.4. The van der Waals surface area contributed by atoms with E-state index in [1.165, 1.54) is 15.5 Å². The molecular formula is C12H18N2O3. The van der Waals surface area contributed by atoms with Gasteiger partial charge in [-0.3, -0.25) is 9.59 Å². The minimum absolute atomic E-state index is 0.205. The Labute approximate surface area is 100 Å². The van der Waals surface area contributed by atoms with Crippen molar-refractivity contribution in [2.45, 2.75) is 19.4 Å². The summed E-state index contributed by atoms with van der Waals surface area (Å²) in [5, 5.41) is 9.14. The second-order valence-corrected chi connectivity index (χ2v) is 4.23. The van der Waals surface area contributed by atoms with Crippen LogP contribution < -0.4 is 5.56 Å². The molecule has 1 unspecified atom stereocenters. The Morgan fingerprint density at radius 1 is 1.59 bits per heavy atom. The van der Waals surface area contributed by atoms with Crippen molar-refractivity contribution in [1.82, 2.24) is 9.47 Å². The number of rotatable bonds is 4. The largest absolute Gasteiger partial charge is 0.393 e. The number of carbonyl (C=O) groups excluding carboxylic acids is 1. The maximum absolute atomic E-state index is 11.9. The number of aromatic nitrogens is 1. The van der Waals surface area contributed by atoms with Crippen molar-refractivity contribution in [3.8, 4) is 0 Å². The van der Waals surface area contributed by atoms with Crippen molar-refractivity contribution in [1.29, 1.82) is 0 Å². The number of aliphatic hydroxyl groups is 1. The Morgan fingerprint density at radius 3 is 2.76 bits per heavy atom. The second-order valence-electron chi connectivity index (χ2n) is 4.23. The number of hydrogen-bond donors (Lipinski definition) is 1. The van der Waals surface area contributed by atoms with Crippen LogP contribution in [0.4, 0.5) is 0 Å². The number of carbonyl (C=O) groups is 1. The molecule has 1 amide bonds. The molecule has 0 saturated heterocycles. The number of pyridine rings is 1. The summed E-state index contributed by atoms with van der Waals surface area (Å²) in [6.07, 6.45) is 1.65. The Balaban J connectivity index is 2.75. The fraction of sp³-hybridized carbons (Fsp3) is 0.500. The molecule has 1 N–H and O–H groups in total. The molecule has 0 radical (unpaired) electrons. The summed E-state index contributed by atoms with van der Waals surface area (Å²) in [7, 11) is 3.29. The SMILES string of the molecule is CC(O)CCN(C)C(=O)c1ccn(C)c(=O)c1. The molecule has 1 rings (SSSR count). The van der Waals surface area contributed by atoms with E-state index in [2.05, 4.69) is 0 Å². The van der Waals surface area contributed by atoms with Crippen molar-refractivity contribution in [2.24, 2.45) is 7.05 Å². The van der Waals surface area contributed by atoms with Crippen LogP contribution in [0.1, 0.15) is 23.7 Å². The van der Waals surface area contributed by atoms with Crippen molar-refractivity contribution in [3.05, 3.63) is 34.2 Å². The van der Waals surface area contributed by atoms with Crippen LogP contribution in [0.25, 0.3) is 0 Å². The summed E-state index contributed by atoms with van der Waals surface area (Å²) in [4.78, 5) is 24.8. The van der Waals surface area contributed by atoms with Gasteiger partial charge in [-0.1, -0.05) is 0 Å². The zero-order valence-electron chi connectivity index (χ0n) is 10.4. The van der Waals surface area contributed by atoms with Crippen LogP contribution in [0.3, 0.4) is 0 Å². The standard InChI is InChI=1S/C12H18N2O3/c1-9(15)4-6-14(3)12(17)10-5-7-13(2)11(16)8-10/h5,7-9,15H,4,6H2,1-3H3. The van der Waals surface area contributed by atoms with Crippen molar-refractivity contribution < 1.29 is 9.90 Å². The monoisotopic (exact) mass is 238 g/mol. The minimum Gasteiger partial charge on any atom is -0.393 e.